The number of carbonyl (C=O) groups is 1. The van der Waals surface area contributed by atoms with Gasteiger partial charge in [-0.15, -0.1) is 24.8 Å². The van der Waals surface area contributed by atoms with Gasteiger partial charge in [0.25, 0.3) is 0 Å². The van der Waals surface area contributed by atoms with Gasteiger partial charge in [-0.2, -0.15) is 5.10 Å². The molecule has 2 aromatic heterocycles. The molecule has 4 N–H and O–H groups in total. The zero-order valence-corrected chi connectivity index (χ0v) is 21.3. The Morgan fingerprint density at radius 1 is 1.03 bits per heavy atom. The molecule has 5 rings (SSSR count). The Kier molecular flexibility index (Phi) is 9.08. The first-order chi connectivity index (χ1) is 16.6. The van der Waals surface area contributed by atoms with Gasteiger partial charge in [0.2, 0.25) is 5.91 Å². The van der Waals surface area contributed by atoms with Crippen molar-refractivity contribution in [2.45, 2.75) is 25.3 Å². The number of carbonyl (C=O) groups excluding carboxylic acids is 1. The maximum Gasteiger partial charge on any atom is 0.223 e. The summed E-state index contributed by atoms with van der Waals surface area (Å²) in [5.74, 6) is 1.95. The molecule has 36 heavy (non-hydrogen) atoms. The molecule has 0 saturated carbocycles. The number of rotatable bonds is 6. The predicted octanol–water partition coefficient (Wildman–Crippen LogP) is 4.22. The summed E-state index contributed by atoms with van der Waals surface area (Å²) >= 11 is 0. The first-order valence-electron chi connectivity index (χ1n) is 11.4. The Morgan fingerprint density at radius 3 is 2.47 bits per heavy atom. The molecule has 190 valence electrons. The van der Waals surface area contributed by atoms with Crippen molar-refractivity contribution in [3.8, 4) is 22.8 Å². The number of ether oxygens (including phenoxy) is 1. The molecule has 0 aliphatic carbocycles. The number of nitrogens with two attached hydrogens (primary N) is 2. The van der Waals surface area contributed by atoms with Gasteiger partial charge in [0.1, 0.15) is 29.3 Å². The minimum Gasteiger partial charge on any atom is -0.457 e. The first-order valence-corrected chi connectivity index (χ1v) is 11.4. The molecule has 3 heterocycles. The smallest absolute Gasteiger partial charge is 0.223 e. The number of para-hydroxylation sites is 1. The van der Waals surface area contributed by atoms with E-state index in [1.807, 2.05) is 64.2 Å². The topological polar surface area (TPSA) is 125 Å². The number of likely N-dealkylation sites (tertiary alicyclic amines) is 1. The van der Waals surface area contributed by atoms with Crippen molar-refractivity contribution >= 4 is 47.6 Å². The van der Waals surface area contributed by atoms with E-state index >= 15 is 0 Å². The summed E-state index contributed by atoms with van der Waals surface area (Å²) in [5.41, 5.74) is 14.1. The highest BCUT2D eigenvalue weighted by atomic mass is 35.5. The van der Waals surface area contributed by atoms with Crippen LogP contribution in [0.4, 0.5) is 5.82 Å². The molecular formula is C25H29Cl2N7O2. The number of amides is 1. The lowest BCUT2D eigenvalue weighted by Gasteiger charge is -2.33. The van der Waals surface area contributed by atoms with Crippen molar-refractivity contribution in [2.75, 3.05) is 25.4 Å². The fourth-order valence-corrected chi connectivity index (χ4v) is 4.42. The first kappa shape index (κ1) is 27.2. The normalized spacial score (nSPS) is 15.1. The van der Waals surface area contributed by atoms with Crippen molar-refractivity contribution in [1.29, 1.82) is 0 Å². The number of fused-ring (bicyclic) bond motifs is 1. The van der Waals surface area contributed by atoms with Crippen LogP contribution >= 0.6 is 24.8 Å². The monoisotopic (exact) mass is 529 g/mol. The maximum atomic E-state index is 12.4. The molecule has 1 aliphatic rings. The van der Waals surface area contributed by atoms with Crippen LogP contribution in [0.2, 0.25) is 0 Å². The lowest BCUT2D eigenvalue weighted by molar-refractivity contribution is -0.132. The molecular weight excluding hydrogens is 501 g/mol. The van der Waals surface area contributed by atoms with Crippen LogP contribution in [0.1, 0.15) is 25.3 Å². The zero-order chi connectivity index (χ0) is 23.5. The van der Waals surface area contributed by atoms with E-state index in [0.717, 1.165) is 36.4 Å². The van der Waals surface area contributed by atoms with E-state index in [2.05, 4.69) is 9.97 Å². The SMILES string of the molecule is Cl.Cl.NCCC(=O)N1CCCC(n2nc(-c3ccc(Oc4ccccc4)cc3)c3c(N)ncnc32)C1. The van der Waals surface area contributed by atoms with Crippen molar-refractivity contribution in [3.63, 3.8) is 0 Å². The second kappa shape index (κ2) is 12.0. The summed E-state index contributed by atoms with van der Waals surface area (Å²) in [4.78, 5) is 23.0. The van der Waals surface area contributed by atoms with E-state index in [4.69, 9.17) is 21.3 Å². The lowest BCUT2D eigenvalue weighted by atomic mass is 10.1. The second-order valence-electron chi connectivity index (χ2n) is 8.36. The van der Waals surface area contributed by atoms with Gasteiger partial charge >= 0.3 is 0 Å². The van der Waals surface area contributed by atoms with Gasteiger partial charge in [0.05, 0.1) is 11.4 Å². The summed E-state index contributed by atoms with van der Waals surface area (Å²) in [6.45, 7) is 1.66. The number of hydrogen-bond donors (Lipinski definition) is 2. The Bertz CT molecular complexity index is 1300. The largest absolute Gasteiger partial charge is 0.457 e. The van der Waals surface area contributed by atoms with Crippen LogP contribution < -0.4 is 16.2 Å². The van der Waals surface area contributed by atoms with E-state index in [0.29, 0.717) is 42.1 Å². The molecule has 1 unspecified atom stereocenters. The van der Waals surface area contributed by atoms with Crippen molar-refractivity contribution in [2.24, 2.45) is 5.73 Å². The number of nitrogen functional groups attached to an aromatic ring is 1. The Labute approximate surface area is 221 Å². The number of nitrogens with zero attached hydrogens (tertiary/aromatic N) is 5. The third kappa shape index (κ3) is 5.53. The molecule has 0 radical (unpaired) electrons. The quantitative estimate of drug-likeness (QED) is 0.382. The fraction of sp³-hybridized carbons (Fsp3) is 0.280. The molecule has 11 heteroatoms. The number of halogens is 2. The van der Waals surface area contributed by atoms with Gasteiger partial charge in [-0.25, -0.2) is 14.6 Å². The molecule has 0 bridgehead atoms. The second-order valence-corrected chi connectivity index (χ2v) is 8.36. The molecule has 2 aromatic carbocycles. The average Bonchev–Trinajstić information content (AvgIpc) is 3.26. The molecule has 1 amide bonds. The van der Waals surface area contributed by atoms with Crippen LogP contribution in [0.15, 0.2) is 60.9 Å². The molecule has 1 atom stereocenters. The highest BCUT2D eigenvalue weighted by molar-refractivity contribution is 5.98. The fourth-order valence-electron chi connectivity index (χ4n) is 4.42. The van der Waals surface area contributed by atoms with E-state index in [9.17, 15) is 4.79 Å². The number of hydrogen-bond acceptors (Lipinski definition) is 7. The summed E-state index contributed by atoms with van der Waals surface area (Å²) in [5, 5.41) is 5.64. The summed E-state index contributed by atoms with van der Waals surface area (Å²) in [7, 11) is 0. The van der Waals surface area contributed by atoms with E-state index < -0.39 is 0 Å². The van der Waals surface area contributed by atoms with Gasteiger partial charge in [-0.3, -0.25) is 4.79 Å². The zero-order valence-electron chi connectivity index (χ0n) is 19.6. The van der Waals surface area contributed by atoms with Crippen molar-refractivity contribution in [3.05, 3.63) is 60.9 Å². The van der Waals surface area contributed by atoms with E-state index in [-0.39, 0.29) is 36.8 Å². The third-order valence-electron chi connectivity index (χ3n) is 6.08. The summed E-state index contributed by atoms with van der Waals surface area (Å²) in [6.07, 6.45) is 3.60. The van der Waals surface area contributed by atoms with Crippen LogP contribution in [0.3, 0.4) is 0 Å². The van der Waals surface area contributed by atoms with E-state index in [1.54, 1.807) is 0 Å². The minimum absolute atomic E-state index is 0. The van der Waals surface area contributed by atoms with Gasteiger partial charge in [-0.05, 0) is 49.2 Å². The van der Waals surface area contributed by atoms with Crippen LogP contribution in [-0.4, -0.2) is 50.2 Å². The molecule has 1 saturated heterocycles. The van der Waals surface area contributed by atoms with Gasteiger partial charge in [-0.1, -0.05) is 18.2 Å². The van der Waals surface area contributed by atoms with Gasteiger partial charge in [0, 0.05) is 31.6 Å². The van der Waals surface area contributed by atoms with Crippen LogP contribution in [0.25, 0.3) is 22.3 Å². The third-order valence-corrected chi connectivity index (χ3v) is 6.08. The summed E-state index contributed by atoms with van der Waals surface area (Å²) < 4.78 is 7.82. The van der Waals surface area contributed by atoms with Crippen molar-refractivity contribution in [1.82, 2.24) is 24.6 Å². The molecule has 1 aliphatic heterocycles. The van der Waals surface area contributed by atoms with Crippen molar-refractivity contribution < 1.29 is 9.53 Å². The molecule has 4 aromatic rings. The highest BCUT2D eigenvalue weighted by Gasteiger charge is 2.28. The standard InChI is InChI=1S/C25H27N7O2.2ClH/c26-13-12-21(33)31-14-4-5-18(15-31)32-25-22(24(27)28-16-29-25)23(30-32)17-8-10-20(11-9-17)34-19-6-2-1-3-7-19;;/h1-3,6-11,16,18H,4-5,12-15,26H2,(H2,27,28,29);2*1H. The van der Waals surface area contributed by atoms with Crippen LogP contribution in [-0.2, 0) is 4.79 Å². The lowest BCUT2D eigenvalue weighted by Crippen LogP contribution is -2.41. The maximum absolute atomic E-state index is 12.4. The Balaban J connectivity index is 0.00000180. The van der Waals surface area contributed by atoms with Crippen LogP contribution in [0.5, 0.6) is 11.5 Å². The number of benzene rings is 2. The molecule has 0 spiro atoms. The number of aromatic nitrogens is 4. The number of piperidine rings is 1. The van der Waals surface area contributed by atoms with Gasteiger partial charge in [0.15, 0.2) is 5.65 Å². The molecule has 1 fully saturated rings. The number of anilines is 1. The Hall–Kier alpha value is -3.40. The molecule has 9 nitrogen and oxygen atoms in total. The predicted molar refractivity (Wildman–Crippen MR) is 145 cm³/mol. The average molecular weight is 530 g/mol. The minimum atomic E-state index is 0. The van der Waals surface area contributed by atoms with Gasteiger partial charge < -0.3 is 21.1 Å². The highest BCUT2D eigenvalue weighted by Crippen LogP contribution is 2.34. The Morgan fingerprint density at radius 2 is 1.75 bits per heavy atom. The van der Waals surface area contributed by atoms with E-state index in [1.165, 1.54) is 6.33 Å². The van der Waals surface area contributed by atoms with Crippen LogP contribution in [0, 0.1) is 0 Å². The summed E-state index contributed by atoms with van der Waals surface area (Å²) in [6, 6.07) is 17.3.